The Balaban J connectivity index is 1.91. The Morgan fingerprint density at radius 3 is 2.67 bits per heavy atom. The number of hydrogen-bond donors (Lipinski definition) is 1. The molecule has 0 aliphatic rings. The van der Waals surface area contributed by atoms with Gasteiger partial charge >= 0.3 is 0 Å². The lowest BCUT2D eigenvalue weighted by molar-refractivity contribution is -0.384. The summed E-state index contributed by atoms with van der Waals surface area (Å²) in [5.41, 5.74) is 0.149. The first kappa shape index (κ1) is 17.8. The summed E-state index contributed by atoms with van der Waals surface area (Å²) in [6.07, 6.45) is 5.29. The largest absolute Gasteiger partial charge is 0.346 e. The van der Waals surface area contributed by atoms with Crippen LogP contribution in [0.15, 0.2) is 53.3 Å². The van der Waals surface area contributed by atoms with Crippen LogP contribution in [0.25, 0.3) is 10.8 Å². The van der Waals surface area contributed by atoms with Crippen LogP contribution in [0.4, 0.5) is 5.69 Å². The average Bonchev–Trinajstić information content (AvgIpc) is 2.69. The molecule has 134 valence electrons. The first-order valence-corrected chi connectivity index (χ1v) is 7.96. The van der Waals surface area contributed by atoms with Crippen molar-refractivity contribution in [3.63, 3.8) is 0 Å². The van der Waals surface area contributed by atoms with Gasteiger partial charge < -0.3 is 5.32 Å². The van der Waals surface area contributed by atoms with Crippen LogP contribution < -0.4 is 10.9 Å². The molecule has 0 saturated carbocycles. The predicted octanol–water partition coefficient (Wildman–Crippen LogP) is 1.87. The second kappa shape index (κ2) is 7.49. The summed E-state index contributed by atoms with van der Waals surface area (Å²) < 4.78 is 1.16. The number of rotatable bonds is 5. The molecule has 1 heterocycles. The lowest BCUT2D eigenvalue weighted by atomic mass is 10.1. The predicted molar refractivity (Wildman–Crippen MR) is 99.1 cm³/mol. The van der Waals surface area contributed by atoms with Gasteiger partial charge in [0.05, 0.1) is 22.5 Å². The lowest BCUT2D eigenvalue weighted by Crippen LogP contribution is -2.28. The highest BCUT2D eigenvalue weighted by molar-refractivity contribution is 5.95. The Morgan fingerprint density at radius 1 is 1.22 bits per heavy atom. The Morgan fingerprint density at radius 2 is 1.96 bits per heavy atom. The van der Waals surface area contributed by atoms with E-state index in [1.54, 1.807) is 24.3 Å². The van der Waals surface area contributed by atoms with Gasteiger partial charge in [-0.2, -0.15) is 5.10 Å². The number of nitrogens with one attached hydrogen (secondary N) is 1. The van der Waals surface area contributed by atoms with E-state index in [2.05, 4.69) is 16.3 Å². The number of nitro groups is 1. The molecule has 27 heavy (non-hydrogen) atoms. The molecule has 0 saturated heterocycles. The molecule has 0 unspecified atom stereocenters. The Bertz CT molecular complexity index is 1140. The lowest BCUT2D eigenvalue weighted by Gasteiger charge is -2.10. The normalized spacial score (nSPS) is 10.3. The van der Waals surface area contributed by atoms with Crippen molar-refractivity contribution in [1.29, 1.82) is 0 Å². The van der Waals surface area contributed by atoms with Crippen LogP contribution >= 0.6 is 0 Å². The molecule has 0 radical (unpaired) electrons. The topological polar surface area (TPSA) is 107 Å². The van der Waals surface area contributed by atoms with E-state index in [1.165, 1.54) is 24.3 Å². The van der Waals surface area contributed by atoms with Crippen molar-refractivity contribution in [3.8, 4) is 12.3 Å². The number of nitrogens with zero attached hydrogens (tertiary/aromatic N) is 3. The number of benzene rings is 2. The molecular weight excluding hydrogens is 348 g/mol. The number of aromatic nitrogens is 2. The van der Waals surface area contributed by atoms with Crippen molar-refractivity contribution in [2.75, 3.05) is 0 Å². The van der Waals surface area contributed by atoms with Gasteiger partial charge in [-0.1, -0.05) is 30.2 Å². The number of amides is 1. The molecule has 3 rings (SSSR count). The second-order valence-electron chi connectivity index (χ2n) is 5.65. The van der Waals surface area contributed by atoms with Gasteiger partial charge in [0.2, 0.25) is 0 Å². The minimum absolute atomic E-state index is 0.00942. The van der Waals surface area contributed by atoms with Crippen molar-refractivity contribution in [2.24, 2.45) is 0 Å². The third kappa shape index (κ3) is 3.67. The maximum absolute atomic E-state index is 12.4. The summed E-state index contributed by atoms with van der Waals surface area (Å²) in [4.78, 5) is 35.0. The van der Waals surface area contributed by atoms with Crippen molar-refractivity contribution < 1.29 is 9.72 Å². The molecular formula is C19H14N4O4. The van der Waals surface area contributed by atoms with E-state index in [0.717, 1.165) is 4.68 Å². The number of carbonyl (C=O) groups is 1. The van der Waals surface area contributed by atoms with Crippen LogP contribution in [0.5, 0.6) is 0 Å². The van der Waals surface area contributed by atoms with Gasteiger partial charge in [-0.15, -0.1) is 6.42 Å². The van der Waals surface area contributed by atoms with Crippen molar-refractivity contribution >= 4 is 22.4 Å². The van der Waals surface area contributed by atoms with E-state index in [9.17, 15) is 19.7 Å². The fraction of sp³-hybridized carbons (Fsp3) is 0.105. The van der Waals surface area contributed by atoms with E-state index in [4.69, 9.17) is 6.42 Å². The first-order valence-electron chi connectivity index (χ1n) is 7.96. The molecule has 1 N–H and O–H groups in total. The zero-order chi connectivity index (χ0) is 19.4. The highest BCUT2D eigenvalue weighted by Crippen LogP contribution is 2.15. The summed E-state index contributed by atoms with van der Waals surface area (Å²) in [6, 6.07) is 12.3. The van der Waals surface area contributed by atoms with Gasteiger partial charge in [0, 0.05) is 23.1 Å². The third-order valence-electron chi connectivity index (χ3n) is 3.92. The van der Waals surface area contributed by atoms with E-state index in [1.807, 2.05) is 0 Å². The molecule has 1 amide bonds. The summed E-state index contributed by atoms with van der Waals surface area (Å²) in [5.74, 6) is 1.89. The van der Waals surface area contributed by atoms with Crippen LogP contribution in [-0.2, 0) is 13.1 Å². The number of non-ortho nitro benzene ring substituents is 1. The van der Waals surface area contributed by atoms with E-state index in [0.29, 0.717) is 16.5 Å². The minimum Gasteiger partial charge on any atom is -0.346 e. The van der Waals surface area contributed by atoms with Crippen LogP contribution in [0.1, 0.15) is 16.1 Å². The average molecular weight is 362 g/mol. The van der Waals surface area contributed by atoms with Crippen LogP contribution in [0, 0.1) is 22.5 Å². The molecule has 2 aromatic carbocycles. The molecule has 0 aliphatic carbocycles. The van der Waals surface area contributed by atoms with Gasteiger partial charge in [-0.3, -0.25) is 19.7 Å². The van der Waals surface area contributed by atoms with Crippen LogP contribution in [0.2, 0.25) is 0 Å². The summed E-state index contributed by atoms with van der Waals surface area (Å²) in [5, 5.41) is 18.8. The maximum atomic E-state index is 12.4. The van der Waals surface area contributed by atoms with Crippen molar-refractivity contribution in [1.82, 2.24) is 15.1 Å². The number of carbonyl (C=O) groups excluding carboxylic acids is 1. The fourth-order valence-corrected chi connectivity index (χ4v) is 2.66. The third-order valence-corrected chi connectivity index (χ3v) is 3.92. The monoisotopic (exact) mass is 362 g/mol. The molecule has 8 nitrogen and oxygen atoms in total. The molecule has 8 heteroatoms. The number of fused-ring (bicyclic) bond motifs is 1. The molecule has 0 bridgehead atoms. The van der Waals surface area contributed by atoms with E-state index in [-0.39, 0.29) is 29.9 Å². The minimum atomic E-state index is -0.568. The van der Waals surface area contributed by atoms with Gasteiger partial charge in [0.15, 0.2) is 0 Å². The Hall–Kier alpha value is -3.99. The summed E-state index contributed by atoms with van der Waals surface area (Å²) in [6.45, 7) is 0.0440. The zero-order valence-electron chi connectivity index (χ0n) is 14.1. The Kier molecular flexibility index (Phi) is 4.95. The van der Waals surface area contributed by atoms with E-state index >= 15 is 0 Å². The maximum Gasteiger partial charge on any atom is 0.275 e. The molecule has 3 aromatic rings. The van der Waals surface area contributed by atoms with Crippen LogP contribution in [0.3, 0.4) is 0 Å². The highest BCUT2D eigenvalue weighted by Gasteiger charge is 2.14. The van der Waals surface area contributed by atoms with Gasteiger partial charge in [0.1, 0.15) is 6.54 Å². The van der Waals surface area contributed by atoms with Gasteiger partial charge in [0.25, 0.3) is 17.2 Å². The van der Waals surface area contributed by atoms with Crippen molar-refractivity contribution in [3.05, 3.63) is 80.3 Å². The SMILES string of the molecule is C#CCn1nc(CNC(=O)c2cccc([N+](=O)[O-])c2)c2ccccc2c1=O. The molecule has 0 spiro atoms. The highest BCUT2D eigenvalue weighted by atomic mass is 16.6. The molecule has 1 aromatic heterocycles. The number of hydrogen-bond acceptors (Lipinski definition) is 5. The van der Waals surface area contributed by atoms with Crippen LogP contribution in [-0.4, -0.2) is 20.6 Å². The quantitative estimate of drug-likeness (QED) is 0.423. The van der Waals surface area contributed by atoms with E-state index < -0.39 is 10.8 Å². The zero-order valence-corrected chi connectivity index (χ0v) is 14.1. The molecule has 0 fully saturated rings. The standard InChI is InChI=1S/C19H14N4O4/c1-2-10-22-19(25)16-9-4-3-8-15(16)17(21-22)12-20-18(24)13-6-5-7-14(11-13)23(26)27/h1,3-9,11H,10,12H2,(H,20,24). The molecule has 0 aliphatic heterocycles. The fourth-order valence-electron chi connectivity index (χ4n) is 2.66. The number of nitro benzene ring substituents is 1. The van der Waals surface area contributed by atoms with Gasteiger partial charge in [-0.25, -0.2) is 4.68 Å². The smallest absolute Gasteiger partial charge is 0.275 e. The Labute approximate surface area is 153 Å². The second-order valence-corrected chi connectivity index (χ2v) is 5.65. The summed E-state index contributed by atoms with van der Waals surface area (Å²) >= 11 is 0. The van der Waals surface area contributed by atoms with Gasteiger partial charge in [-0.05, 0) is 12.1 Å². The first-order chi connectivity index (χ1) is 13.0. The molecule has 0 atom stereocenters. The number of terminal acetylenes is 1. The van der Waals surface area contributed by atoms with Crippen molar-refractivity contribution in [2.45, 2.75) is 13.1 Å². The summed E-state index contributed by atoms with van der Waals surface area (Å²) in [7, 11) is 0.